The molecule has 0 aliphatic rings. The third-order valence-corrected chi connectivity index (χ3v) is 2.91. The lowest BCUT2D eigenvalue weighted by Gasteiger charge is -2.33. The Labute approximate surface area is 113 Å². The first-order valence-electron chi connectivity index (χ1n) is 6.28. The van der Waals surface area contributed by atoms with Gasteiger partial charge in [0.2, 0.25) is 0 Å². The van der Waals surface area contributed by atoms with Crippen LogP contribution in [0.2, 0.25) is 0 Å². The summed E-state index contributed by atoms with van der Waals surface area (Å²) in [7, 11) is 0. The molecular weight excluding hydrogens is 245 g/mol. The summed E-state index contributed by atoms with van der Waals surface area (Å²) < 4.78 is 18.6. The Morgan fingerprint density at radius 3 is 2.32 bits per heavy atom. The van der Waals surface area contributed by atoms with Gasteiger partial charge in [-0.15, -0.1) is 0 Å². The highest BCUT2D eigenvalue weighted by molar-refractivity contribution is 5.77. The van der Waals surface area contributed by atoms with E-state index in [2.05, 4.69) is 0 Å². The SMILES string of the molecule is CC(C)(C)OC(=O)C(C)(C)[C@@H](N)c1cccc(F)c1. The van der Waals surface area contributed by atoms with Gasteiger partial charge < -0.3 is 10.5 Å². The van der Waals surface area contributed by atoms with Crippen molar-refractivity contribution in [2.24, 2.45) is 11.1 Å². The lowest BCUT2D eigenvalue weighted by Crippen LogP contribution is -2.41. The Morgan fingerprint density at radius 1 is 1.26 bits per heavy atom. The predicted molar refractivity (Wildman–Crippen MR) is 73.0 cm³/mol. The Bertz CT molecular complexity index is 463. The molecule has 106 valence electrons. The van der Waals surface area contributed by atoms with Crippen LogP contribution < -0.4 is 5.73 Å². The first-order chi connectivity index (χ1) is 8.54. The van der Waals surface area contributed by atoms with Crippen molar-refractivity contribution in [3.05, 3.63) is 35.6 Å². The maximum Gasteiger partial charge on any atom is 0.313 e. The molecule has 0 radical (unpaired) electrons. The zero-order chi connectivity index (χ0) is 14.8. The van der Waals surface area contributed by atoms with Crippen molar-refractivity contribution in [3.8, 4) is 0 Å². The number of nitrogens with two attached hydrogens (primary N) is 1. The normalized spacial score (nSPS) is 14.1. The van der Waals surface area contributed by atoms with Crippen molar-refractivity contribution in [2.75, 3.05) is 0 Å². The minimum absolute atomic E-state index is 0.368. The molecule has 0 aliphatic carbocycles. The number of ether oxygens (including phenoxy) is 1. The van der Waals surface area contributed by atoms with Crippen molar-refractivity contribution in [1.29, 1.82) is 0 Å². The second-order valence-corrected chi connectivity index (χ2v) is 6.26. The van der Waals surface area contributed by atoms with Gasteiger partial charge in [0, 0.05) is 6.04 Å². The molecular formula is C15H22FNO2. The maximum atomic E-state index is 13.2. The standard InChI is InChI=1S/C15H22FNO2/c1-14(2,3)19-13(18)15(4,5)12(17)10-7-6-8-11(16)9-10/h6-9,12H,17H2,1-5H3/t12-/m0/s1. The Balaban J connectivity index is 2.96. The molecule has 1 aromatic carbocycles. The molecule has 0 aliphatic heterocycles. The summed E-state index contributed by atoms with van der Waals surface area (Å²) in [6, 6.07) is 5.35. The number of halogens is 1. The molecule has 1 atom stereocenters. The zero-order valence-electron chi connectivity index (χ0n) is 12.2. The topological polar surface area (TPSA) is 52.3 Å². The van der Waals surface area contributed by atoms with Crippen molar-refractivity contribution >= 4 is 5.97 Å². The Hall–Kier alpha value is -1.42. The highest BCUT2D eigenvalue weighted by Crippen LogP contribution is 2.34. The molecule has 4 heteroatoms. The van der Waals surface area contributed by atoms with E-state index in [1.807, 2.05) is 0 Å². The van der Waals surface area contributed by atoms with Crippen LogP contribution in [0, 0.1) is 11.2 Å². The van der Waals surface area contributed by atoms with Crippen LogP contribution in [0.3, 0.4) is 0 Å². The highest BCUT2D eigenvalue weighted by Gasteiger charge is 2.39. The van der Waals surface area contributed by atoms with E-state index in [1.54, 1.807) is 46.8 Å². The Kier molecular flexibility index (Phi) is 4.35. The lowest BCUT2D eigenvalue weighted by molar-refractivity contribution is -0.167. The van der Waals surface area contributed by atoms with Gasteiger partial charge in [0.1, 0.15) is 11.4 Å². The van der Waals surface area contributed by atoms with Crippen LogP contribution in [-0.2, 0) is 9.53 Å². The van der Waals surface area contributed by atoms with Gasteiger partial charge in [-0.25, -0.2) is 4.39 Å². The first kappa shape index (κ1) is 15.6. The van der Waals surface area contributed by atoms with Gasteiger partial charge >= 0.3 is 5.97 Å². The third kappa shape index (κ3) is 4.03. The van der Waals surface area contributed by atoms with Crippen LogP contribution in [0.25, 0.3) is 0 Å². The van der Waals surface area contributed by atoms with Gasteiger partial charge in [0.25, 0.3) is 0 Å². The number of benzene rings is 1. The van der Waals surface area contributed by atoms with E-state index in [4.69, 9.17) is 10.5 Å². The van der Waals surface area contributed by atoms with Crippen molar-refractivity contribution in [2.45, 2.75) is 46.3 Å². The summed E-state index contributed by atoms with van der Waals surface area (Å²) in [4.78, 5) is 12.2. The van der Waals surface area contributed by atoms with Crippen LogP contribution in [0.5, 0.6) is 0 Å². The molecule has 1 aromatic rings. The van der Waals surface area contributed by atoms with E-state index in [0.717, 1.165) is 0 Å². The second-order valence-electron chi connectivity index (χ2n) is 6.26. The quantitative estimate of drug-likeness (QED) is 0.856. The third-order valence-electron chi connectivity index (χ3n) is 2.91. The molecule has 0 unspecified atom stereocenters. The molecule has 0 aromatic heterocycles. The van der Waals surface area contributed by atoms with E-state index >= 15 is 0 Å². The van der Waals surface area contributed by atoms with E-state index in [9.17, 15) is 9.18 Å². The van der Waals surface area contributed by atoms with Crippen LogP contribution in [0.1, 0.15) is 46.2 Å². The van der Waals surface area contributed by atoms with Crippen LogP contribution in [0.15, 0.2) is 24.3 Å². The number of esters is 1. The number of carbonyl (C=O) groups is 1. The molecule has 19 heavy (non-hydrogen) atoms. The van der Waals surface area contributed by atoms with Gasteiger partial charge in [0.15, 0.2) is 0 Å². The van der Waals surface area contributed by atoms with Gasteiger partial charge in [-0.1, -0.05) is 12.1 Å². The van der Waals surface area contributed by atoms with Crippen molar-refractivity contribution in [3.63, 3.8) is 0 Å². The molecule has 0 bridgehead atoms. The summed E-state index contributed by atoms with van der Waals surface area (Å²) in [5.41, 5.74) is 5.17. The zero-order valence-corrected chi connectivity index (χ0v) is 12.2. The van der Waals surface area contributed by atoms with Crippen molar-refractivity contribution < 1.29 is 13.9 Å². The fourth-order valence-electron chi connectivity index (χ4n) is 1.65. The fourth-order valence-corrected chi connectivity index (χ4v) is 1.65. The predicted octanol–water partition coefficient (Wildman–Crippen LogP) is 3.19. The molecule has 0 amide bonds. The van der Waals surface area contributed by atoms with Gasteiger partial charge in [-0.3, -0.25) is 4.79 Å². The average Bonchev–Trinajstić information content (AvgIpc) is 2.25. The molecule has 0 spiro atoms. The number of hydrogen-bond acceptors (Lipinski definition) is 3. The van der Waals surface area contributed by atoms with Gasteiger partial charge in [0.05, 0.1) is 5.41 Å². The summed E-state index contributed by atoms with van der Waals surface area (Å²) in [6.45, 7) is 8.81. The van der Waals surface area contributed by atoms with E-state index in [1.165, 1.54) is 12.1 Å². The molecule has 0 saturated carbocycles. The van der Waals surface area contributed by atoms with E-state index in [-0.39, 0.29) is 5.82 Å². The first-order valence-corrected chi connectivity index (χ1v) is 6.28. The second kappa shape index (κ2) is 5.29. The van der Waals surface area contributed by atoms with Crippen molar-refractivity contribution in [1.82, 2.24) is 0 Å². The number of rotatable bonds is 3. The number of hydrogen-bond donors (Lipinski definition) is 1. The summed E-state index contributed by atoms with van der Waals surface area (Å²) >= 11 is 0. The summed E-state index contributed by atoms with van der Waals surface area (Å²) in [6.07, 6.45) is 0. The minimum Gasteiger partial charge on any atom is -0.460 e. The van der Waals surface area contributed by atoms with Gasteiger partial charge in [-0.05, 0) is 52.3 Å². The fraction of sp³-hybridized carbons (Fsp3) is 0.533. The Morgan fingerprint density at radius 2 is 1.84 bits per heavy atom. The van der Waals surface area contributed by atoms with Crippen LogP contribution >= 0.6 is 0 Å². The number of carbonyl (C=O) groups excluding carboxylic acids is 1. The smallest absolute Gasteiger partial charge is 0.313 e. The summed E-state index contributed by atoms with van der Waals surface area (Å²) in [5, 5.41) is 0. The average molecular weight is 267 g/mol. The lowest BCUT2D eigenvalue weighted by atomic mass is 9.81. The summed E-state index contributed by atoms with van der Waals surface area (Å²) in [5.74, 6) is -0.760. The van der Waals surface area contributed by atoms with E-state index < -0.39 is 23.0 Å². The molecule has 0 fully saturated rings. The van der Waals surface area contributed by atoms with Crippen LogP contribution in [-0.4, -0.2) is 11.6 Å². The molecule has 0 saturated heterocycles. The molecule has 3 nitrogen and oxygen atoms in total. The van der Waals surface area contributed by atoms with Gasteiger partial charge in [-0.2, -0.15) is 0 Å². The maximum absolute atomic E-state index is 13.2. The molecule has 1 rings (SSSR count). The molecule has 2 N–H and O–H groups in total. The van der Waals surface area contributed by atoms with E-state index in [0.29, 0.717) is 5.56 Å². The largest absolute Gasteiger partial charge is 0.460 e. The molecule has 0 heterocycles. The monoisotopic (exact) mass is 267 g/mol. The van der Waals surface area contributed by atoms with Crippen LogP contribution in [0.4, 0.5) is 4.39 Å². The minimum atomic E-state index is -0.929. The highest BCUT2D eigenvalue weighted by atomic mass is 19.1.